The number of hydrogen-bond acceptors (Lipinski definition) is 2. The van der Waals surface area contributed by atoms with Crippen LogP contribution >= 0.6 is 0 Å². The number of rotatable bonds is 5. The molecule has 0 aliphatic heterocycles. The van der Waals surface area contributed by atoms with E-state index in [0.717, 1.165) is 19.0 Å². The molecule has 0 spiro atoms. The van der Waals surface area contributed by atoms with Crippen LogP contribution in [0.15, 0.2) is 30.9 Å². The second kappa shape index (κ2) is 5.57. The SMILES string of the molecule is Fc1ccc(NCCCn2ccnc2)c(F)c1F. The maximum atomic E-state index is 13.3. The normalized spacial score (nSPS) is 10.6. The van der Waals surface area contributed by atoms with Gasteiger partial charge in [-0.2, -0.15) is 0 Å². The second-order valence-corrected chi connectivity index (χ2v) is 3.80. The molecule has 1 heterocycles. The number of anilines is 1. The molecule has 6 heteroatoms. The molecule has 0 aliphatic carbocycles. The van der Waals surface area contributed by atoms with Crippen molar-refractivity contribution in [1.29, 1.82) is 0 Å². The van der Waals surface area contributed by atoms with E-state index in [4.69, 9.17) is 0 Å². The van der Waals surface area contributed by atoms with Crippen LogP contribution in [-0.2, 0) is 6.54 Å². The van der Waals surface area contributed by atoms with E-state index < -0.39 is 17.5 Å². The molecule has 0 fully saturated rings. The number of imidazole rings is 1. The van der Waals surface area contributed by atoms with Crippen molar-refractivity contribution in [2.24, 2.45) is 0 Å². The molecule has 2 rings (SSSR count). The molecular formula is C12H12F3N3. The largest absolute Gasteiger partial charge is 0.383 e. The first-order chi connectivity index (χ1) is 8.68. The van der Waals surface area contributed by atoms with Crippen molar-refractivity contribution < 1.29 is 13.2 Å². The van der Waals surface area contributed by atoms with Gasteiger partial charge in [-0.1, -0.05) is 0 Å². The summed E-state index contributed by atoms with van der Waals surface area (Å²) in [7, 11) is 0. The Morgan fingerprint density at radius 3 is 2.72 bits per heavy atom. The van der Waals surface area contributed by atoms with Crippen LogP contribution in [0.4, 0.5) is 18.9 Å². The number of aryl methyl sites for hydroxylation is 1. The third-order valence-corrected chi connectivity index (χ3v) is 2.50. The lowest BCUT2D eigenvalue weighted by Crippen LogP contribution is -2.08. The molecule has 1 aromatic carbocycles. The fourth-order valence-corrected chi connectivity index (χ4v) is 1.57. The Kier molecular flexibility index (Phi) is 3.86. The average Bonchev–Trinajstić information content (AvgIpc) is 2.87. The van der Waals surface area contributed by atoms with Crippen molar-refractivity contribution >= 4 is 5.69 Å². The van der Waals surface area contributed by atoms with Gasteiger partial charge in [-0.15, -0.1) is 0 Å². The van der Waals surface area contributed by atoms with Gasteiger partial charge < -0.3 is 9.88 Å². The zero-order chi connectivity index (χ0) is 13.0. The van der Waals surface area contributed by atoms with E-state index in [9.17, 15) is 13.2 Å². The van der Waals surface area contributed by atoms with Crippen LogP contribution in [0.25, 0.3) is 0 Å². The molecule has 0 bridgehead atoms. The van der Waals surface area contributed by atoms with Gasteiger partial charge >= 0.3 is 0 Å². The highest BCUT2D eigenvalue weighted by molar-refractivity contribution is 5.45. The van der Waals surface area contributed by atoms with Crippen LogP contribution < -0.4 is 5.32 Å². The number of nitrogens with zero attached hydrogens (tertiary/aromatic N) is 2. The molecule has 2 aromatic rings. The van der Waals surface area contributed by atoms with Crippen LogP contribution in [0.3, 0.4) is 0 Å². The van der Waals surface area contributed by atoms with Crippen LogP contribution in [-0.4, -0.2) is 16.1 Å². The molecule has 96 valence electrons. The Morgan fingerprint density at radius 1 is 1.17 bits per heavy atom. The van der Waals surface area contributed by atoms with E-state index in [2.05, 4.69) is 10.3 Å². The van der Waals surface area contributed by atoms with Crippen LogP contribution in [0.2, 0.25) is 0 Å². The highest BCUT2D eigenvalue weighted by Gasteiger charge is 2.12. The summed E-state index contributed by atoms with van der Waals surface area (Å²) in [5.41, 5.74) is -0.0282. The molecular weight excluding hydrogens is 243 g/mol. The van der Waals surface area contributed by atoms with E-state index in [-0.39, 0.29) is 5.69 Å². The van der Waals surface area contributed by atoms with Gasteiger partial charge in [0.15, 0.2) is 17.5 Å². The smallest absolute Gasteiger partial charge is 0.196 e. The van der Waals surface area contributed by atoms with E-state index in [0.29, 0.717) is 6.54 Å². The van der Waals surface area contributed by atoms with Crippen molar-refractivity contribution in [2.75, 3.05) is 11.9 Å². The minimum atomic E-state index is -1.45. The van der Waals surface area contributed by atoms with Gasteiger partial charge in [0.2, 0.25) is 0 Å². The van der Waals surface area contributed by atoms with Crippen molar-refractivity contribution in [2.45, 2.75) is 13.0 Å². The standard InChI is InChI=1S/C12H12F3N3/c13-9-2-3-10(12(15)11(9)14)17-4-1-6-18-7-5-16-8-18/h2-3,5,7-8,17H,1,4,6H2. The summed E-state index contributed by atoms with van der Waals surface area (Å²) in [5.74, 6) is -3.82. The monoisotopic (exact) mass is 255 g/mol. The summed E-state index contributed by atoms with van der Waals surface area (Å²) in [6, 6.07) is 2.08. The minimum absolute atomic E-state index is 0.0282. The first kappa shape index (κ1) is 12.5. The van der Waals surface area contributed by atoms with E-state index in [1.165, 1.54) is 6.07 Å². The summed E-state index contributed by atoms with van der Waals surface area (Å²) in [4.78, 5) is 3.89. The Balaban J connectivity index is 1.85. The highest BCUT2D eigenvalue weighted by atomic mass is 19.2. The Hall–Kier alpha value is -1.98. The molecule has 0 amide bonds. The number of benzene rings is 1. The van der Waals surface area contributed by atoms with Crippen molar-refractivity contribution in [3.63, 3.8) is 0 Å². The lowest BCUT2D eigenvalue weighted by Gasteiger charge is -2.08. The van der Waals surface area contributed by atoms with Gasteiger partial charge in [-0.05, 0) is 18.6 Å². The fraction of sp³-hybridized carbons (Fsp3) is 0.250. The minimum Gasteiger partial charge on any atom is -0.383 e. The van der Waals surface area contributed by atoms with Gasteiger partial charge in [0.05, 0.1) is 12.0 Å². The summed E-state index contributed by atoms with van der Waals surface area (Å²) in [6.07, 6.45) is 5.88. The van der Waals surface area contributed by atoms with E-state index in [1.807, 2.05) is 10.8 Å². The second-order valence-electron chi connectivity index (χ2n) is 3.80. The van der Waals surface area contributed by atoms with Gasteiger partial charge in [0, 0.05) is 25.5 Å². The Morgan fingerprint density at radius 2 is 2.00 bits per heavy atom. The third-order valence-electron chi connectivity index (χ3n) is 2.50. The maximum Gasteiger partial charge on any atom is 0.196 e. The average molecular weight is 255 g/mol. The first-order valence-corrected chi connectivity index (χ1v) is 5.51. The molecule has 0 atom stereocenters. The lowest BCUT2D eigenvalue weighted by atomic mass is 10.2. The Bertz CT molecular complexity index is 512. The van der Waals surface area contributed by atoms with Crippen molar-refractivity contribution in [3.8, 4) is 0 Å². The molecule has 0 radical (unpaired) electrons. The summed E-state index contributed by atoms with van der Waals surface area (Å²) in [6.45, 7) is 1.18. The molecule has 1 N–H and O–H groups in total. The highest BCUT2D eigenvalue weighted by Crippen LogP contribution is 2.19. The molecule has 3 nitrogen and oxygen atoms in total. The number of nitrogens with one attached hydrogen (secondary N) is 1. The van der Waals surface area contributed by atoms with Gasteiger partial charge in [0.25, 0.3) is 0 Å². The van der Waals surface area contributed by atoms with Crippen LogP contribution in [0.1, 0.15) is 6.42 Å². The number of aromatic nitrogens is 2. The summed E-state index contributed by atoms with van der Waals surface area (Å²) < 4.78 is 40.8. The fourth-order valence-electron chi connectivity index (χ4n) is 1.57. The molecule has 0 saturated carbocycles. The number of hydrogen-bond donors (Lipinski definition) is 1. The van der Waals surface area contributed by atoms with Gasteiger partial charge in [-0.25, -0.2) is 18.2 Å². The van der Waals surface area contributed by atoms with E-state index >= 15 is 0 Å². The molecule has 0 aliphatic rings. The zero-order valence-corrected chi connectivity index (χ0v) is 9.54. The molecule has 0 saturated heterocycles. The first-order valence-electron chi connectivity index (χ1n) is 5.51. The topological polar surface area (TPSA) is 29.9 Å². The zero-order valence-electron chi connectivity index (χ0n) is 9.54. The van der Waals surface area contributed by atoms with Gasteiger partial charge in [0.1, 0.15) is 0 Å². The van der Waals surface area contributed by atoms with Crippen LogP contribution in [0, 0.1) is 17.5 Å². The predicted molar refractivity (Wildman–Crippen MR) is 61.6 cm³/mol. The van der Waals surface area contributed by atoms with Crippen LogP contribution in [0.5, 0.6) is 0 Å². The lowest BCUT2D eigenvalue weighted by molar-refractivity contribution is 0.449. The molecule has 18 heavy (non-hydrogen) atoms. The molecule has 1 aromatic heterocycles. The van der Waals surface area contributed by atoms with Crippen molar-refractivity contribution in [1.82, 2.24) is 9.55 Å². The van der Waals surface area contributed by atoms with Crippen molar-refractivity contribution in [3.05, 3.63) is 48.3 Å². The summed E-state index contributed by atoms with van der Waals surface area (Å²) >= 11 is 0. The molecule has 0 unspecified atom stereocenters. The van der Waals surface area contributed by atoms with E-state index in [1.54, 1.807) is 12.5 Å². The number of halogens is 3. The Labute approximate surface area is 102 Å². The quantitative estimate of drug-likeness (QED) is 0.657. The third kappa shape index (κ3) is 2.82. The maximum absolute atomic E-state index is 13.3. The van der Waals surface area contributed by atoms with Gasteiger partial charge in [-0.3, -0.25) is 0 Å². The summed E-state index contributed by atoms with van der Waals surface area (Å²) in [5, 5.41) is 2.73. The predicted octanol–water partition coefficient (Wildman–Crippen LogP) is 2.80.